The van der Waals surface area contributed by atoms with Gasteiger partial charge < -0.3 is 9.30 Å². The minimum Gasteiger partial charge on any atom is -0.381 e. The van der Waals surface area contributed by atoms with Crippen LogP contribution in [-0.4, -0.2) is 33.7 Å². The summed E-state index contributed by atoms with van der Waals surface area (Å²) in [6.45, 7) is 3.93. The molecule has 1 aromatic heterocycles. The molecule has 0 aromatic carbocycles. The Morgan fingerprint density at radius 2 is 2.12 bits per heavy atom. The number of rotatable bonds is 5. The molecule has 1 fully saturated rings. The molecular formula is C12H21N3OS. The van der Waals surface area contributed by atoms with E-state index in [9.17, 15) is 0 Å². The second-order valence-electron chi connectivity index (χ2n) is 4.49. The van der Waals surface area contributed by atoms with Gasteiger partial charge in [0.05, 0.1) is 0 Å². The van der Waals surface area contributed by atoms with Crippen LogP contribution < -0.4 is 0 Å². The maximum atomic E-state index is 5.38. The SMILES string of the molecule is CCCCSc1nnc(C2CCOCC2)n1C. The van der Waals surface area contributed by atoms with E-state index in [1.54, 1.807) is 0 Å². The maximum Gasteiger partial charge on any atom is 0.190 e. The second kappa shape index (κ2) is 6.40. The molecule has 96 valence electrons. The Morgan fingerprint density at radius 3 is 2.82 bits per heavy atom. The highest BCUT2D eigenvalue weighted by Gasteiger charge is 2.22. The third-order valence-electron chi connectivity index (χ3n) is 3.18. The molecule has 1 aromatic rings. The summed E-state index contributed by atoms with van der Waals surface area (Å²) in [6, 6.07) is 0. The van der Waals surface area contributed by atoms with Gasteiger partial charge in [-0.2, -0.15) is 0 Å². The van der Waals surface area contributed by atoms with Crippen LogP contribution in [0.5, 0.6) is 0 Å². The van der Waals surface area contributed by atoms with E-state index in [0.717, 1.165) is 42.8 Å². The first kappa shape index (κ1) is 12.9. The van der Waals surface area contributed by atoms with Crippen molar-refractivity contribution in [1.29, 1.82) is 0 Å². The Hall–Kier alpha value is -0.550. The highest BCUT2D eigenvalue weighted by atomic mass is 32.2. The van der Waals surface area contributed by atoms with Gasteiger partial charge in [0.15, 0.2) is 5.16 Å². The molecular weight excluding hydrogens is 234 g/mol. The Kier molecular flexibility index (Phi) is 4.86. The lowest BCUT2D eigenvalue weighted by Gasteiger charge is -2.21. The van der Waals surface area contributed by atoms with Crippen LogP contribution in [0.2, 0.25) is 0 Å². The zero-order chi connectivity index (χ0) is 12.1. The molecule has 2 rings (SSSR count). The smallest absolute Gasteiger partial charge is 0.190 e. The molecule has 0 amide bonds. The largest absolute Gasteiger partial charge is 0.381 e. The Labute approximate surface area is 107 Å². The number of unbranched alkanes of at least 4 members (excludes halogenated alkanes) is 1. The fourth-order valence-electron chi connectivity index (χ4n) is 2.07. The predicted molar refractivity (Wildman–Crippen MR) is 69.4 cm³/mol. The second-order valence-corrected chi connectivity index (χ2v) is 5.55. The normalized spacial score (nSPS) is 17.5. The lowest BCUT2D eigenvalue weighted by Crippen LogP contribution is -2.17. The molecule has 0 spiro atoms. The molecule has 4 nitrogen and oxygen atoms in total. The first-order valence-electron chi connectivity index (χ1n) is 6.42. The molecule has 0 radical (unpaired) electrons. The van der Waals surface area contributed by atoms with Gasteiger partial charge in [0.2, 0.25) is 0 Å². The number of thioether (sulfide) groups is 1. The molecule has 17 heavy (non-hydrogen) atoms. The van der Waals surface area contributed by atoms with Crippen molar-refractivity contribution in [2.75, 3.05) is 19.0 Å². The van der Waals surface area contributed by atoms with Crippen molar-refractivity contribution in [3.05, 3.63) is 5.82 Å². The van der Waals surface area contributed by atoms with E-state index in [0.29, 0.717) is 5.92 Å². The van der Waals surface area contributed by atoms with Crippen LogP contribution in [0.25, 0.3) is 0 Å². The third kappa shape index (κ3) is 3.22. The minimum absolute atomic E-state index is 0.529. The zero-order valence-corrected chi connectivity index (χ0v) is 11.5. The van der Waals surface area contributed by atoms with Gasteiger partial charge in [0, 0.05) is 31.9 Å². The van der Waals surface area contributed by atoms with Crippen molar-refractivity contribution in [3.8, 4) is 0 Å². The van der Waals surface area contributed by atoms with Crippen molar-refractivity contribution >= 4 is 11.8 Å². The topological polar surface area (TPSA) is 39.9 Å². The van der Waals surface area contributed by atoms with Crippen LogP contribution in [0.4, 0.5) is 0 Å². The zero-order valence-electron chi connectivity index (χ0n) is 10.7. The van der Waals surface area contributed by atoms with Crippen LogP contribution in [0, 0.1) is 0 Å². The van der Waals surface area contributed by atoms with Crippen LogP contribution in [-0.2, 0) is 11.8 Å². The van der Waals surface area contributed by atoms with Crippen LogP contribution in [0.1, 0.15) is 44.3 Å². The molecule has 0 unspecified atom stereocenters. The van der Waals surface area contributed by atoms with E-state index in [1.165, 1.54) is 12.8 Å². The Bertz CT molecular complexity index is 348. The Morgan fingerprint density at radius 1 is 1.35 bits per heavy atom. The highest BCUT2D eigenvalue weighted by molar-refractivity contribution is 7.99. The van der Waals surface area contributed by atoms with E-state index < -0.39 is 0 Å². The molecule has 0 bridgehead atoms. The number of nitrogens with zero attached hydrogens (tertiary/aromatic N) is 3. The van der Waals surface area contributed by atoms with Crippen LogP contribution in [0.3, 0.4) is 0 Å². The third-order valence-corrected chi connectivity index (χ3v) is 4.29. The average molecular weight is 255 g/mol. The van der Waals surface area contributed by atoms with Crippen molar-refractivity contribution in [1.82, 2.24) is 14.8 Å². The standard InChI is InChI=1S/C12H21N3OS/c1-3-4-9-17-12-14-13-11(15(12)2)10-5-7-16-8-6-10/h10H,3-9H2,1-2H3. The minimum atomic E-state index is 0.529. The number of hydrogen-bond donors (Lipinski definition) is 0. The fraction of sp³-hybridized carbons (Fsp3) is 0.833. The maximum absolute atomic E-state index is 5.38. The summed E-state index contributed by atoms with van der Waals surface area (Å²) in [6.07, 6.45) is 4.62. The molecule has 0 atom stereocenters. The van der Waals surface area contributed by atoms with E-state index in [2.05, 4.69) is 28.7 Å². The van der Waals surface area contributed by atoms with Crippen molar-refractivity contribution in [3.63, 3.8) is 0 Å². The van der Waals surface area contributed by atoms with E-state index >= 15 is 0 Å². The average Bonchev–Trinajstić information content (AvgIpc) is 2.73. The molecule has 0 N–H and O–H groups in total. The van der Waals surface area contributed by atoms with Gasteiger partial charge in [-0.15, -0.1) is 10.2 Å². The summed E-state index contributed by atoms with van der Waals surface area (Å²) < 4.78 is 7.55. The van der Waals surface area contributed by atoms with Crippen molar-refractivity contribution < 1.29 is 4.74 Å². The number of hydrogen-bond acceptors (Lipinski definition) is 4. The molecule has 0 aliphatic carbocycles. The van der Waals surface area contributed by atoms with Crippen molar-refractivity contribution in [2.24, 2.45) is 7.05 Å². The number of ether oxygens (including phenoxy) is 1. The quantitative estimate of drug-likeness (QED) is 0.599. The Balaban J connectivity index is 1.98. The van der Waals surface area contributed by atoms with E-state index in [-0.39, 0.29) is 0 Å². The summed E-state index contributed by atoms with van der Waals surface area (Å²) in [5.41, 5.74) is 0. The van der Waals surface area contributed by atoms with Gasteiger partial charge >= 0.3 is 0 Å². The fourth-order valence-corrected chi connectivity index (χ4v) is 3.07. The van der Waals surface area contributed by atoms with Crippen molar-refractivity contribution in [2.45, 2.75) is 43.7 Å². The van der Waals surface area contributed by atoms with E-state index in [1.807, 2.05) is 11.8 Å². The van der Waals surface area contributed by atoms with Gasteiger partial charge in [-0.3, -0.25) is 0 Å². The van der Waals surface area contributed by atoms with Gasteiger partial charge in [-0.1, -0.05) is 25.1 Å². The molecule has 1 aliphatic heterocycles. The van der Waals surface area contributed by atoms with Gasteiger partial charge in [0.25, 0.3) is 0 Å². The monoisotopic (exact) mass is 255 g/mol. The molecule has 2 heterocycles. The van der Waals surface area contributed by atoms with Gasteiger partial charge in [0.1, 0.15) is 5.82 Å². The molecule has 5 heteroatoms. The lowest BCUT2D eigenvalue weighted by molar-refractivity contribution is 0.0828. The number of aromatic nitrogens is 3. The first-order chi connectivity index (χ1) is 8.33. The summed E-state index contributed by atoms with van der Waals surface area (Å²) in [5, 5.41) is 9.71. The van der Waals surface area contributed by atoms with Gasteiger partial charge in [-0.25, -0.2) is 0 Å². The molecule has 1 aliphatic rings. The lowest BCUT2D eigenvalue weighted by atomic mass is 10.00. The van der Waals surface area contributed by atoms with E-state index in [4.69, 9.17) is 4.74 Å². The van der Waals surface area contributed by atoms with Gasteiger partial charge in [-0.05, 0) is 19.3 Å². The summed E-state index contributed by atoms with van der Waals surface area (Å²) in [4.78, 5) is 0. The molecule has 1 saturated heterocycles. The highest BCUT2D eigenvalue weighted by Crippen LogP contribution is 2.27. The first-order valence-corrected chi connectivity index (χ1v) is 7.41. The summed E-state index contributed by atoms with van der Waals surface area (Å²) in [5.74, 6) is 2.80. The molecule has 0 saturated carbocycles. The summed E-state index contributed by atoms with van der Waals surface area (Å²) >= 11 is 1.81. The van der Waals surface area contributed by atoms with Crippen LogP contribution in [0.15, 0.2) is 5.16 Å². The predicted octanol–water partition coefficient (Wildman–Crippen LogP) is 2.60. The van der Waals surface area contributed by atoms with Crippen LogP contribution >= 0.6 is 11.8 Å². The summed E-state index contributed by atoms with van der Waals surface area (Å²) in [7, 11) is 2.08.